The molecule has 4 aromatic rings. The van der Waals surface area contributed by atoms with Crippen LogP contribution in [0.2, 0.25) is 0 Å². The molecule has 0 bridgehead atoms. The van der Waals surface area contributed by atoms with Gasteiger partial charge in [0.15, 0.2) is 6.29 Å². The summed E-state index contributed by atoms with van der Waals surface area (Å²) >= 11 is 0. The van der Waals surface area contributed by atoms with Crippen molar-refractivity contribution in [3.63, 3.8) is 0 Å². The summed E-state index contributed by atoms with van der Waals surface area (Å²) in [6, 6.07) is 15.2. The van der Waals surface area contributed by atoms with E-state index in [1.807, 2.05) is 13.0 Å². The van der Waals surface area contributed by atoms with Gasteiger partial charge in [-0.05, 0) is 49.2 Å². The molecule has 0 fully saturated rings. The lowest BCUT2D eigenvalue weighted by Gasteiger charge is -2.16. The molecule has 10 heteroatoms. The van der Waals surface area contributed by atoms with Crippen LogP contribution < -0.4 is 21.3 Å². The molecule has 0 spiro atoms. The molecule has 9 nitrogen and oxygen atoms in total. The van der Waals surface area contributed by atoms with Crippen molar-refractivity contribution in [2.45, 2.75) is 31.6 Å². The minimum Gasteiger partial charge on any atom is -0.492 e. The van der Waals surface area contributed by atoms with Crippen LogP contribution in [0.25, 0.3) is 22.0 Å². The minimum absolute atomic E-state index is 0.254. The SMILES string of the molecule is CCCCOc1c(C=O)cc(C)cc1-c1ccc(NNc2cc(S(=O)(=O)O)c3ccccc3c2N)cn1. The topological polar surface area (TPSA) is 144 Å². The third-order valence-corrected chi connectivity index (χ3v) is 6.73. The summed E-state index contributed by atoms with van der Waals surface area (Å²) in [4.78, 5) is 16.0. The minimum atomic E-state index is -4.48. The van der Waals surface area contributed by atoms with E-state index in [0.29, 0.717) is 51.3 Å². The van der Waals surface area contributed by atoms with E-state index in [9.17, 15) is 17.8 Å². The molecular formula is C27H28N4O5S. The second-order valence-electron chi connectivity index (χ2n) is 8.59. The van der Waals surface area contributed by atoms with Crippen molar-refractivity contribution < 1.29 is 22.5 Å². The van der Waals surface area contributed by atoms with E-state index in [2.05, 4.69) is 22.8 Å². The van der Waals surface area contributed by atoms with Gasteiger partial charge < -0.3 is 10.5 Å². The molecule has 192 valence electrons. The van der Waals surface area contributed by atoms with Gasteiger partial charge >= 0.3 is 0 Å². The molecule has 0 saturated heterocycles. The first-order valence-corrected chi connectivity index (χ1v) is 13.2. The van der Waals surface area contributed by atoms with Crippen LogP contribution >= 0.6 is 0 Å². The fourth-order valence-electron chi connectivity index (χ4n) is 4.01. The lowest BCUT2D eigenvalue weighted by Crippen LogP contribution is -2.12. The van der Waals surface area contributed by atoms with Crippen LogP contribution in [-0.2, 0) is 10.1 Å². The highest BCUT2D eigenvalue weighted by atomic mass is 32.2. The summed E-state index contributed by atoms with van der Waals surface area (Å²) in [7, 11) is -4.48. The number of benzene rings is 3. The Labute approximate surface area is 215 Å². The first-order valence-electron chi connectivity index (χ1n) is 11.7. The summed E-state index contributed by atoms with van der Waals surface area (Å²) < 4.78 is 39.6. The smallest absolute Gasteiger partial charge is 0.295 e. The second kappa shape index (κ2) is 10.9. The molecule has 0 atom stereocenters. The summed E-state index contributed by atoms with van der Waals surface area (Å²) in [5, 5.41) is 0.806. The summed E-state index contributed by atoms with van der Waals surface area (Å²) in [5.41, 5.74) is 16.0. The van der Waals surface area contributed by atoms with Crippen LogP contribution in [0.3, 0.4) is 0 Å². The Balaban J connectivity index is 1.61. The maximum Gasteiger partial charge on any atom is 0.295 e. The predicted molar refractivity (Wildman–Crippen MR) is 146 cm³/mol. The van der Waals surface area contributed by atoms with Crippen molar-refractivity contribution in [3.05, 3.63) is 71.9 Å². The number of hydrogen-bond donors (Lipinski definition) is 4. The number of nitrogens with zero attached hydrogens (tertiary/aromatic N) is 1. The van der Waals surface area contributed by atoms with E-state index in [1.165, 1.54) is 6.07 Å². The zero-order valence-electron chi connectivity index (χ0n) is 20.5. The monoisotopic (exact) mass is 520 g/mol. The number of nitrogens with two attached hydrogens (primary N) is 1. The molecule has 0 amide bonds. The van der Waals surface area contributed by atoms with Gasteiger partial charge in [0.05, 0.1) is 41.1 Å². The lowest BCUT2D eigenvalue weighted by atomic mass is 10.0. The van der Waals surface area contributed by atoms with Crippen molar-refractivity contribution >= 4 is 44.2 Å². The molecule has 4 rings (SSSR count). The van der Waals surface area contributed by atoms with Crippen molar-refractivity contribution in [1.82, 2.24) is 4.98 Å². The molecular weight excluding hydrogens is 492 g/mol. The molecule has 0 unspecified atom stereocenters. The number of rotatable bonds is 10. The number of pyridine rings is 1. The highest BCUT2D eigenvalue weighted by Gasteiger charge is 2.19. The number of carbonyl (C=O) groups excluding carboxylic acids is 1. The average Bonchev–Trinajstić information content (AvgIpc) is 2.88. The summed E-state index contributed by atoms with van der Waals surface area (Å²) in [6.45, 7) is 4.47. The van der Waals surface area contributed by atoms with Gasteiger partial charge in [0.25, 0.3) is 10.1 Å². The number of nitrogen functional groups attached to an aromatic ring is 1. The standard InChI is InChI=1S/C27H28N4O5S/c1-3-4-11-36-27-18(16-32)12-17(2)13-22(27)23-10-9-19(15-29-23)30-31-24-14-25(37(33,34)35)20-7-5-6-8-21(20)26(24)28/h5-10,12-16,30-31H,3-4,11,28H2,1-2H3,(H,33,34,35). The quantitative estimate of drug-likeness (QED) is 0.0703. The van der Waals surface area contributed by atoms with E-state index >= 15 is 0 Å². The van der Waals surface area contributed by atoms with Crippen molar-refractivity contribution in [2.24, 2.45) is 0 Å². The van der Waals surface area contributed by atoms with Crippen LogP contribution in [0.1, 0.15) is 35.7 Å². The molecule has 3 aromatic carbocycles. The highest BCUT2D eigenvalue weighted by Crippen LogP contribution is 2.35. The predicted octanol–water partition coefficient (Wildman–Crippen LogP) is 5.47. The van der Waals surface area contributed by atoms with Crippen molar-refractivity contribution in [2.75, 3.05) is 23.2 Å². The fourth-order valence-corrected chi connectivity index (χ4v) is 4.73. The normalized spacial score (nSPS) is 11.3. The number of aryl methyl sites for hydroxylation is 1. The van der Waals surface area contributed by atoms with Crippen LogP contribution in [0.5, 0.6) is 5.75 Å². The molecule has 1 heterocycles. The zero-order valence-corrected chi connectivity index (χ0v) is 21.3. The van der Waals surface area contributed by atoms with E-state index < -0.39 is 10.1 Å². The number of hydrogen-bond acceptors (Lipinski definition) is 8. The van der Waals surface area contributed by atoms with Gasteiger partial charge in [0.1, 0.15) is 10.6 Å². The number of aromatic nitrogens is 1. The van der Waals surface area contributed by atoms with Crippen LogP contribution in [0.15, 0.2) is 65.7 Å². The third kappa shape index (κ3) is 5.65. The Morgan fingerprint density at radius 2 is 1.84 bits per heavy atom. The van der Waals surface area contributed by atoms with Crippen LogP contribution in [0, 0.1) is 6.92 Å². The molecule has 0 radical (unpaired) electrons. The first kappa shape index (κ1) is 25.9. The molecule has 5 N–H and O–H groups in total. The lowest BCUT2D eigenvalue weighted by molar-refractivity contribution is 0.111. The van der Waals surface area contributed by atoms with Gasteiger partial charge in [0, 0.05) is 16.3 Å². The molecule has 0 saturated carbocycles. The number of unbranched alkanes of at least 4 members (excludes halogenated alkanes) is 1. The maximum atomic E-state index is 12.0. The Bertz CT molecular complexity index is 1550. The van der Waals surface area contributed by atoms with Gasteiger partial charge in [-0.15, -0.1) is 0 Å². The number of carbonyl (C=O) groups is 1. The Morgan fingerprint density at radius 3 is 2.49 bits per heavy atom. The highest BCUT2D eigenvalue weighted by molar-refractivity contribution is 7.86. The third-order valence-electron chi connectivity index (χ3n) is 5.84. The number of aldehydes is 1. The molecule has 0 aliphatic heterocycles. The largest absolute Gasteiger partial charge is 0.492 e. The van der Waals surface area contributed by atoms with Crippen molar-refractivity contribution in [3.8, 4) is 17.0 Å². The van der Waals surface area contributed by atoms with Gasteiger partial charge in [-0.2, -0.15) is 8.42 Å². The molecule has 0 aliphatic rings. The Hall–Kier alpha value is -4.15. The van der Waals surface area contributed by atoms with E-state index in [0.717, 1.165) is 24.7 Å². The van der Waals surface area contributed by atoms with Crippen molar-refractivity contribution in [1.29, 1.82) is 0 Å². The van der Waals surface area contributed by atoms with E-state index in [4.69, 9.17) is 10.5 Å². The number of anilines is 3. The van der Waals surface area contributed by atoms with Crippen LogP contribution in [0.4, 0.5) is 17.1 Å². The van der Waals surface area contributed by atoms with Gasteiger partial charge in [-0.1, -0.05) is 37.6 Å². The summed E-state index contributed by atoms with van der Waals surface area (Å²) in [6.07, 6.45) is 4.20. The first-order chi connectivity index (χ1) is 17.7. The molecule has 0 aliphatic carbocycles. The zero-order chi connectivity index (χ0) is 26.6. The molecule has 37 heavy (non-hydrogen) atoms. The number of nitrogens with one attached hydrogen (secondary N) is 2. The number of ether oxygens (including phenoxy) is 1. The Kier molecular flexibility index (Phi) is 7.61. The summed E-state index contributed by atoms with van der Waals surface area (Å²) in [5.74, 6) is 0.502. The molecule has 1 aromatic heterocycles. The number of hydrazine groups is 1. The fraction of sp³-hybridized carbons (Fsp3) is 0.185. The van der Waals surface area contributed by atoms with Crippen LogP contribution in [-0.4, -0.2) is 30.8 Å². The van der Waals surface area contributed by atoms with Gasteiger partial charge in [-0.25, -0.2) is 0 Å². The Morgan fingerprint density at radius 1 is 1.08 bits per heavy atom. The second-order valence-corrected chi connectivity index (χ2v) is 9.98. The van der Waals surface area contributed by atoms with E-state index in [-0.39, 0.29) is 10.6 Å². The van der Waals surface area contributed by atoms with Gasteiger partial charge in [0.2, 0.25) is 0 Å². The maximum absolute atomic E-state index is 12.0. The van der Waals surface area contributed by atoms with Gasteiger partial charge in [-0.3, -0.25) is 25.2 Å². The average molecular weight is 521 g/mol. The van der Waals surface area contributed by atoms with E-state index in [1.54, 1.807) is 48.7 Å². The number of fused-ring (bicyclic) bond motifs is 1.